The van der Waals surface area contributed by atoms with E-state index in [1.807, 2.05) is 6.92 Å². The summed E-state index contributed by atoms with van der Waals surface area (Å²) >= 11 is 0. The first-order valence-corrected chi connectivity index (χ1v) is 15.1. The molecule has 0 amide bonds. The standard InChI is InChI=1S/C31H56O4/c1-4-6-8-10-12-14-16-18-20-24-34-30(32)28-23-22-27(3)26-29(28)31(33)35-25-21-19-17-15-13-11-9-7-5-2/h22,28-29H,4-21,23-26H2,1-3H3. The Bertz CT molecular complexity index is 568. The fraction of sp³-hybridized carbons (Fsp3) is 0.871. The number of carbonyl (C=O) groups excluding carboxylic acids is 2. The highest BCUT2D eigenvalue weighted by Crippen LogP contribution is 2.32. The molecule has 4 nitrogen and oxygen atoms in total. The van der Waals surface area contributed by atoms with Crippen LogP contribution < -0.4 is 0 Å². The molecular formula is C31H56O4. The highest BCUT2D eigenvalue weighted by molar-refractivity contribution is 5.83. The highest BCUT2D eigenvalue weighted by Gasteiger charge is 2.37. The fourth-order valence-corrected chi connectivity index (χ4v) is 4.96. The minimum Gasteiger partial charge on any atom is -0.465 e. The first-order chi connectivity index (χ1) is 17.1. The van der Waals surface area contributed by atoms with Gasteiger partial charge in [-0.3, -0.25) is 9.59 Å². The molecular weight excluding hydrogens is 436 g/mol. The Kier molecular flexibility index (Phi) is 19.9. The summed E-state index contributed by atoms with van der Waals surface area (Å²) in [5.41, 5.74) is 1.16. The van der Waals surface area contributed by atoms with Crippen molar-refractivity contribution in [2.24, 2.45) is 11.8 Å². The zero-order valence-corrected chi connectivity index (χ0v) is 23.4. The number of esters is 2. The summed E-state index contributed by atoms with van der Waals surface area (Å²) in [7, 11) is 0. The van der Waals surface area contributed by atoms with Crippen LogP contribution in [0.3, 0.4) is 0 Å². The van der Waals surface area contributed by atoms with Crippen LogP contribution >= 0.6 is 0 Å². The second-order valence-electron chi connectivity index (χ2n) is 10.7. The van der Waals surface area contributed by atoms with E-state index < -0.39 is 11.8 Å². The van der Waals surface area contributed by atoms with Crippen LogP contribution in [0.2, 0.25) is 0 Å². The van der Waals surface area contributed by atoms with E-state index in [4.69, 9.17) is 9.47 Å². The molecule has 0 N–H and O–H groups in total. The number of carbonyl (C=O) groups is 2. The van der Waals surface area contributed by atoms with Gasteiger partial charge in [0.15, 0.2) is 0 Å². The Hall–Kier alpha value is -1.32. The zero-order valence-electron chi connectivity index (χ0n) is 23.4. The predicted molar refractivity (Wildman–Crippen MR) is 146 cm³/mol. The monoisotopic (exact) mass is 492 g/mol. The van der Waals surface area contributed by atoms with Crippen molar-refractivity contribution in [1.29, 1.82) is 0 Å². The molecule has 0 aromatic carbocycles. The van der Waals surface area contributed by atoms with Crippen LogP contribution in [0, 0.1) is 11.8 Å². The maximum absolute atomic E-state index is 12.8. The number of unbranched alkanes of at least 4 members (excludes halogenated alkanes) is 16. The van der Waals surface area contributed by atoms with Gasteiger partial charge in [-0.15, -0.1) is 0 Å². The van der Waals surface area contributed by atoms with Crippen LogP contribution in [0.5, 0.6) is 0 Å². The van der Waals surface area contributed by atoms with Crippen LogP contribution in [0.1, 0.15) is 149 Å². The van der Waals surface area contributed by atoms with Crippen LogP contribution in [-0.2, 0) is 19.1 Å². The van der Waals surface area contributed by atoms with E-state index in [9.17, 15) is 9.59 Å². The van der Waals surface area contributed by atoms with Gasteiger partial charge < -0.3 is 9.47 Å². The van der Waals surface area contributed by atoms with E-state index in [2.05, 4.69) is 19.9 Å². The second-order valence-corrected chi connectivity index (χ2v) is 10.7. The lowest BCUT2D eigenvalue weighted by molar-refractivity contribution is -0.161. The van der Waals surface area contributed by atoms with Gasteiger partial charge in [0.25, 0.3) is 0 Å². The second kappa shape index (κ2) is 21.9. The Labute approximate surface area is 217 Å². The summed E-state index contributed by atoms with van der Waals surface area (Å²) in [6.07, 6.45) is 25.6. The van der Waals surface area contributed by atoms with Crippen LogP contribution in [0.25, 0.3) is 0 Å². The summed E-state index contributed by atoms with van der Waals surface area (Å²) in [6.45, 7) is 7.46. The lowest BCUT2D eigenvalue weighted by Gasteiger charge is -2.27. The van der Waals surface area contributed by atoms with Gasteiger partial charge in [-0.2, -0.15) is 0 Å². The third-order valence-electron chi connectivity index (χ3n) is 7.34. The van der Waals surface area contributed by atoms with E-state index in [0.29, 0.717) is 26.1 Å². The Morgan fingerprint density at radius 2 is 1.00 bits per heavy atom. The number of hydrogen-bond donors (Lipinski definition) is 0. The number of rotatable bonds is 22. The molecule has 2 atom stereocenters. The molecule has 0 aromatic heterocycles. The third kappa shape index (κ3) is 16.1. The van der Waals surface area contributed by atoms with E-state index in [-0.39, 0.29) is 11.9 Å². The van der Waals surface area contributed by atoms with Crippen molar-refractivity contribution in [3.05, 3.63) is 11.6 Å². The lowest BCUT2D eigenvalue weighted by Crippen LogP contribution is -2.34. The van der Waals surface area contributed by atoms with E-state index in [0.717, 1.165) is 31.3 Å². The fourth-order valence-electron chi connectivity index (χ4n) is 4.96. The zero-order chi connectivity index (χ0) is 25.6. The predicted octanol–water partition coefficient (Wildman–Crippen LogP) is 9.11. The Balaban J connectivity index is 2.19. The molecule has 0 spiro atoms. The molecule has 2 unspecified atom stereocenters. The molecule has 0 fully saturated rings. The van der Waals surface area contributed by atoms with Gasteiger partial charge in [-0.25, -0.2) is 0 Å². The molecule has 35 heavy (non-hydrogen) atoms. The molecule has 0 aromatic rings. The maximum atomic E-state index is 12.8. The third-order valence-corrected chi connectivity index (χ3v) is 7.34. The molecule has 204 valence electrons. The van der Waals surface area contributed by atoms with Crippen molar-refractivity contribution in [3.8, 4) is 0 Å². The lowest BCUT2D eigenvalue weighted by atomic mass is 9.80. The summed E-state index contributed by atoms with van der Waals surface area (Å²) in [4.78, 5) is 25.5. The normalized spacial score (nSPS) is 17.7. The van der Waals surface area contributed by atoms with Crippen molar-refractivity contribution in [1.82, 2.24) is 0 Å². The van der Waals surface area contributed by atoms with Crippen LogP contribution in [0.4, 0.5) is 0 Å². The average Bonchev–Trinajstić information content (AvgIpc) is 2.86. The van der Waals surface area contributed by atoms with Gasteiger partial charge in [-0.05, 0) is 32.6 Å². The highest BCUT2D eigenvalue weighted by atomic mass is 16.5. The maximum Gasteiger partial charge on any atom is 0.310 e. The van der Waals surface area contributed by atoms with Gasteiger partial charge in [-0.1, -0.05) is 128 Å². The molecule has 0 radical (unpaired) electrons. The van der Waals surface area contributed by atoms with Gasteiger partial charge in [0.2, 0.25) is 0 Å². The minimum absolute atomic E-state index is 0.220. The summed E-state index contributed by atoms with van der Waals surface area (Å²) in [6, 6.07) is 0. The molecule has 4 heteroatoms. The van der Waals surface area contributed by atoms with Gasteiger partial charge in [0.05, 0.1) is 25.0 Å². The molecule has 1 aliphatic carbocycles. The van der Waals surface area contributed by atoms with E-state index in [1.165, 1.54) is 89.9 Å². The quantitative estimate of drug-likeness (QED) is 0.0859. The van der Waals surface area contributed by atoms with Gasteiger partial charge >= 0.3 is 11.9 Å². The number of allylic oxidation sites excluding steroid dienone is 2. The van der Waals surface area contributed by atoms with E-state index >= 15 is 0 Å². The van der Waals surface area contributed by atoms with Crippen molar-refractivity contribution in [2.75, 3.05) is 13.2 Å². The molecule has 1 rings (SSSR count). The number of ether oxygens (including phenoxy) is 2. The first kappa shape index (κ1) is 31.7. The smallest absolute Gasteiger partial charge is 0.310 e. The van der Waals surface area contributed by atoms with Crippen molar-refractivity contribution in [3.63, 3.8) is 0 Å². The molecule has 0 saturated carbocycles. The molecule has 0 aliphatic heterocycles. The Morgan fingerprint density at radius 1 is 0.629 bits per heavy atom. The van der Waals surface area contributed by atoms with Crippen LogP contribution in [-0.4, -0.2) is 25.2 Å². The Morgan fingerprint density at radius 3 is 1.43 bits per heavy atom. The van der Waals surface area contributed by atoms with E-state index in [1.54, 1.807) is 0 Å². The summed E-state index contributed by atoms with van der Waals surface area (Å²) in [5.74, 6) is -1.23. The largest absolute Gasteiger partial charge is 0.465 e. The minimum atomic E-state index is -0.395. The van der Waals surface area contributed by atoms with Gasteiger partial charge in [0, 0.05) is 0 Å². The molecule has 0 bridgehead atoms. The van der Waals surface area contributed by atoms with Gasteiger partial charge in [0.1, 0.15) is 0 Å². The van der Waals surface area contributed by atoms with Crippen LogP contribution in [0.15, 0.2) is 11.6 Å². The average molecular weight is 493 g/mol. The summed E-state index contributed by atoms with van der Waals surface area (Å²) in [5, 5.41) is 0. The SMILES string of the molecule is CCCCCCCCCCCOC(=O)C1CC=C(C)CC1C(=O)OCCCCCCCCCCC. The van der Waals surface area contributed by atoms with Crippen molar-refractivity contribution >= 4 is 11.9 Å². The molecule has 0 heterocycles. The molecule has 1 aliphatic rings. The number of hydrogen-bond acceptors (Lipinski definition) is 4. The molecule has 0 saturated heterocycles. The first-order valence-electron chi connectivity index (χ1n) is 15.1. The topological polar surface area (TPSA) is 52.6 Å². The van der Waals surface area contributed by atoms with Crippen molar-refractivity contribution in [2.45, 2.75) is 149 Å². The van der Waals surface area contributed by atoms with Crippen molar-refractivity contribution < 1.29 is 19.1 Å². The summed E-state index contributed by atoms with van der Waals surface area (Å²) < 4.78 is 11.2.